The summed E-state index contributed by atoms with van der Waals surface area (Å²) in [5.74, 6) is 0.699. The normalized spacial score (nSPS) is 16.4. The summed E-state index contributed by atoms with van der Waals surface area (Å²) in [5.41, 5.74) is 1.14. The molecular weight excluding hydrogens is 280 g/mol. The Morgan fingerprint density at radius 3 is 2.87 bits per heavy atom. The summed E-state index contributed by atoms with van der Waals surface area (Å²) in [6.07, 6.45) is 4.48. The lowest BCUT2D eigenvalue weighted by Crippen LogP contribution is -2.15. The fraction of sp³-hybridized carbons (Fsp3) is 0.667. The topological polar surface area (TPSA) is 52.0 Å². The standard InChI is InChI=1S/C9H13BrN2O2S/c1-15(13,14)6-8-11-9(10)7-4-2-3-5-12(7)8/h2-6H2,1H3. The number of sulfone groups is 1. The van der Waals surface area contributed by atoms with E-state index in [0.717, 1.165) is 36.1 Å². The maximum Gasteiger partial charge on any atom is 0.154 e. The van der Waals surface area contributed by atoms with Crippen molar-refractivity contribution >= 4 is 25.8 Å². The third-order valence-electron chi connectivity index (χ3n) is 2.54. The molecule has 0 atom stereocenters. The van der Waals surface area contributed by atoms with Gasteiger partial charge in [0.05, 0.1) is 5.69 Å². The lowest BCUT2D eigenvalue weighted by Gasteiger charge is -2.16. The maximum absolute atomic E-state index is 11.2. The Hall–Kier alpha value is -0.360. The van der Waals surface area contributed by atoms with Crippen LogP contribution in [0.25, 0.3) is 0 Å². The Morgan fingerprint density at radius 1 is 1.47 bits per heavy atom. The van der Waals surface area contributed by atoms with Crippen LogP contribution >= 0.6 is 15.9 Å². The Kier molecular flexibility index (Phi) is 2.89. The van der Waals surface area contributed by atoms with E-state index in [1.807, 2.05) is 4.57 Å². The molecule has 0 amide bonds. The van der Waals surface area contributed by atoms with Crippen molar-refractivity contribution in [1.29, 1.82) is 0 Å². The van der Waals surface area contributed by atoms with Gasteiger partial charge in [-0.2, -0.15) is 0 Å². The number of fused-ring (bicyclic) bond motifs is 1. The molecule has 1 aliphatic rings. The van der Waals surface area contributed by atoms with Crippen LogP contribution in [0, 0.1) is 0 Å². The molecule has 0 radical (unpaired) electrons. The molecule has 0 saturated carbocycles. The first kappa shape index (κ1) is 11.1. The van der Waals surface area contributed by atoms with E-state index in [-0.39, 0.29) is 5.75 Å². The van der Waals surface area contributed by atoms with E-state index in [2.05, 4.69) is 20.9 Å². The minimum Gasteiger partial charge on any atom is -0.330 e. The van der Waals surface area contributed by atoms with Gasteiger partial charge in [-0.25, -0.2) is 13.4 Å². The molecule has 84 valence electrons. The molecule has 1 aliphatic heterocycles. The molecule has 6 heteroatoms. The number of hydrogen-bond acceptors (Lipinski definition) is 3. The first-order valence-electron chi connectivity index (χ1n) is 4.89. The Balaban J connectivity index is 2.40. The molecule has 0 fully saturated rings. The van der Waals surface area contributed by atoms with Crippen molar-refractivity contribution in [3.8, 4) is 0 Å². The number of hydrogen-bond donors (Lipinski definition) is 0. The number of aromatic nitrogens is 2. The predicted molar refractivity (Wildman–Crippen MR) is 61.4 cm³/mol. The average Bonchev–Trinajstić information content (AvgIpc) is 2.42. The van der Waals surface area contributed by atoms with Crippen LogP contribution < -0.4 is 0 Å². The molecule has 0 aromatic carbocycles. The molecule has 4 nitrogen and oxygen atoms in total. The Bertz CT molecular complexity index is 479. The SMILES string of the molecule is CS(=O)(=O)Cc1nc(Br)c2n1CCCC2. The fourth-order valence-corrected chi connectivity index (χ4v) is 3.22. The van der Waals surface area contributed by atoms with E-state index in [9.17, 15) is 8.42 Å². The van der Waals surface area contributed by atoms with E-state index in [0.29, 0.717) is 5.82 Å². The van der Waals surface area contributed by atoms with E-state index < -0.39 is 9.84 Å². The van der Waals surface area contributed by atoms with Gasteiger partial charge in [0.2, 0.25) is 0 Å². The quantitative estimate of drug-likeness (QED) is 0.831. The summed E-state index contributed by atoms with van der Waals surface area (Å²) in [6, 6.07) is 0. The smallest absolute Gasteiger partial charge is 0.154 e. The van der Waals surface area contributed by atoms with Crippen LogP contribution in [0.1, 0.15) is 24.4 Å². The average molecular weight is 293 g/mol. The third kappa shape index (κ3) is 2.42. The van der Waals surface area contributed by atoms with Gasteiger partial charge < -0.3 is 4.57 Å². The van der Waals surface area contributed by atoms with Crippen molar-refractivity contribution < 1.29 is 8.42 Å². The molecule has 1 aromatic heterocycles. The van der Waals surface area contributed by atoms with Crippen LogP contribution in [0.5, 0.6) is 0 Å². The summed E-state index contributed by atoms with van der Waals surface area (Å²) >= 11 is 3.38. The molecular formula is C9H13BrN2O2S. The third-order valence-corrected chi connectivity index (χ3v) is 3.96. The highest BCUT2D eigenvalue weighted by Crippen LogP contribution is 2.25. The lowest BCUT2D eigenvalue weighted by molar-refractivity contribution is 0.517. The van der Waals surface area contributed by atoms with Crippen LogP contribution in [-0.4, -0.2) is 24.2 Å². The molecule has 0 unspecified atom stereocenters. The largest absolute Gasteiger partial charge is 0.330 e. The molecule has 2 heterocycles. The van der Waals surface area contributed by atoms with E-state index in [1.54, 1.807) is 0 Å². The molecule has 0 bridgehead atoms. The van der Waals surface area contributed by atoms with Crippen molar-refractivity contribution in [2.24, 2.45) is 0 Å². The summed E-state index contributed by atoms with van der Waals surface area (Å²) < 4.78 is 25.3. The molecule has 15 heavy (non-hydrogen) atoms. The predicted octanol–water partition coefficient (Wildman–Crippen LogP) is 1.53. The zero-order valence-electron chi connectivity index (χ0n) is 8.53. The summed E-state index contributed by atoms with van der Waals surface area (Å²) in [6.45, 7) is 0.888. The maximum atomic E-state index is 11.2. The van der Waals surface area contributed by atoms with Gasteiger partial charge >= 0.3 is 0 Å². The highest BCUT2D eigenvalue weighted by molar-refractivity contribution is 9.10. The van der Waals surface area contributed by atoms with E-state index >= 15 is 0 Å². The number of rotatable bonds is 2. The first-order chi connectivity index (χ1) is 6.97. The van der Waals surface area contributed by atoms with Gasteiger partial charge in [-0.3, -0.25) is 0 Å². The Labute approximate surface area is 97.7 Å². The zero-order chi connectivity index (χ0) is 11.1. The highest BCUT2D eigenvalue weighted by atomic mass is 79.9. The molecule has 0 N–H and O–H groups in total. The van der Waals surface area contributed by atoms with Crippen molar-refractivity contribution in [2.75, 3.05) is 6.26 Å². The fourth-order valence-electron chi connectivity index (χ4n) is 1.91. The molecule has 2 rings (SSSR count). The summed E-state index contributed by atoms with van der Waals surface area (Å²) in [4.78, 5) is 4.28. The molecule has 0 spiro atoms. The van der Waals surface area contributed by atoms with Gasteiger partial charge in [0.15, 0.2) is 9.84 Å². The van der Waals surface area contributed by atoms with Gasteiger partial charge in [0.1, 0.15) is 16.2 Å². The first-order valence-corrected chi connectivity index (χ1v) is 7.74. The number of halogens is 1. The second-order valence-electron chi connectivity index (χ2n) is 3.94. The van der Waals surface area contributed by atoms with Gasteiger partial charge in [-0.15, -0.1) is 0 Å². The molecule has 0 aliphatic carbocycles. The van der Waals surface area contributed by atoms with Gasteiger partial charge in [-0.1, -0.05) is 0 Å². The van der Waals surface area contributed by atoms with Crippen molar-refractivity contribution in [2.45, 2.75) is 31.6 Å². The highest BCUT2D eigenvalue weighted by Gasteiger charge is 2.20. The van der Waals surface area contributed by atoms with Crippen LogP contribution in [0.2, 0.25) is 0 Å². The van der Waals surface area contributed by atoms with Crippen molar-refractivity contribution in [3.63, 3.8) is 0 Å². The second-order valence-corrected chi connectivity index (χ2v) is 6.84. The van der Waals surface area contributed by atoms with Crippen LogP contribution in [0.4, 0.5) is 0 Å². The van der Waals surface area contributed by atoms with Crippen molar-refractivity contribution in [3.05, 3.63) is 16.1 Å². The van der Waals surface area contributed by atoms with E-state index in [1.165, 1.54) is 6.26 Å². The summed E-state index contributed by atoms with van der Waals surface area (Å²) in [5, 5.41) is 0. The van der Waals surface area contributed by atoms with Crippen LogP contribution in [0.3, 0.4) is 0 Å². The molecule has 0 saturated heterocycles. The Morgan fingerprint density at radius 2 is 2.20 bits per heavy atom. The van der Waals surface area contributed by atoms with Crippen molar-refractivity contribution in [1.82, 2.24) is 9.55 Å². The minimum absolute atomic E-state index is 0.0333. The number of imidazole rings is 1. The monoisotopic (exact) mass is 292 g/mol. The zero-order valence-corrected chi connectivity index (χ0v) is 10.9. The number of nitrogens with zero attached hydrogens (tertiary/aromatic N) is 2. The second kappa shape index (κ2) is 3.90. The minimum atomic E-state index is -3.00. The van der Waals surface area contributed by atoms with Crippen LogP contribution in [-0.2, 0) is 28.6 Å². The molecule has 1 aromatic rings. The van der Waals surface area contributed by atoms with Crippen LogP contribution in [0.15, 0.2) is 4.60 Å². The summed E-state index contributed by atoms with van der Waals surface area (Å²) in [7, 11) is -3.00. The van der Waals surface area contributed by atoms with Gasteiger partial charge in [0, 0.05) is 12.8 Å². The van der Waals surface area contributed by atoms with Gasteiger partial charge in [0.25, 0.3) is 0 Å². The lowest BCUT2D eigenvalue weighted by atomic mass is 10.1. The van der Waals surface area contributed by atoms with E-state index in [4.69, 9.17) is 0 Å². The van der Waals surface area contributed by atoms with Gasteiger partial charge in [-0.05, 0) is 35.2 Å².